The standard InChI is InChI=1S/C8H7O3S/c9-12(10)6-5-11-7-3-1-2-4-8(7)12/h1,3-4H,5-6H2. The van der Waals surface area contributed by atoms with Crippen molar-refractivity contribution in [3.8, 4) is 5.75 Å². The lowest BCUT2D eigenvalue weighted by molar-refractivity contribution is 0.322. The van der Waals surface area contributed by atoms with E-state index in [2.05, 4.69) is 6.07 Å². The Bertz CT molecular complexity index is 395. The molecule has 0 unspecified atom stereocenters. The van der Waals surface area contributed by atoms with Crippen LogP contribution in [0.4, 0.5) is 0 Å². The zero-order valence-corrected chi connectivity index (χ0v) is 7.10. The molecule has 0 amide bonds. The molecule has 1 aromatic carbocycles. The van der Waals surface area contributed by atoms with Crippen molar-refractivity contribution in [3.63, 3.8) is 0 Å². The van der Waals surface area contributed by atoms with Crippen LogP contribution in [0.25, 0.3) is 0 Å². The van der Waals surface area contributed by atoms with Gasteiger partial charge in [0, 0.05) is 0 Å². The smallest absolute Gasteiger partial charge is 0.185 e. The lowest BCUT2D eigenvalue weighted by atomic mass is 10.3. The molecule has 0 spiro atoms. The molecule has 1 radical (unpaired) electrons. The van der Waals surface area contributed by atoms with Crippen molar-refractivity contribution in [2.75, 3.05) is 12.4 Å². The van der Waals surface area contributed by atoms with Gasteiger partial charge in [-0.3, -0.25) is 0 Å². The van der Waals surface area contributed by atoms with E-state index in [1.165, 1.54) is 6.07 Å². The van der Waals surface area contributed by atoms with Gasteiger partial charge in [0.15, 0.2) is 9.84 Å². The minimum absolute atomic E-state index is 0.0673. The Hall–Kier alpha value is -1.03. The molecule has 2 rings (SSSR count). The average Bonchev–Trinajstić information content (AvgIpc) is 2.04. The van der Waals surface area contributed by atoms with Gasteiger partial charge < -0.3 is 4.74 Å². The maximum atomic E-state index is 11.4. The van der Waals surface area contributed by atoms with Crippen molar-refractivity contribution < 1.29 is 13.2 Å². The Morgan fingerprint density at radius 3 is 3.08 bits per heavy atom. The molecule has 0 N–H and O–H groups in total. The number of benzene rings is 1. The van der Waals surface area contributed by atoms with Crippen molar-refractivity contribution in [1.82, 2.24) is 0 Å². The van der Waals surface area contributed by atoms with Crippen LogP contribution in [0.1, 0.15) is 0 Å². The van der Waals surface area contributed by atoms with Crippen LogP contribution in [-0.4, -0.2) is 20.8 Å². The van der Waals surface area contributed by atoms with E-state index in [4.69, 9.17) is 4.74 Å². The van der Waals surface area contributed by atoms with Crippen LogP contribution in [0, 0.1) is 6.07 Å². The second-order valence-electron chi connectivity index (χ2n) is 2.54. The molecule has 63 valence electrons. The maximum Gasteiger partial charge on any atom is 0.185 e. The first kappa shape index (κ1) is 7.61. The number of sulfone groups is 1. The molecule has 1 heterocycles. The highest BCUT2D eigenvalue weighted by atomic mass is 32.2. The van der Waals surface area contributed by atoms with Gasteiger partial charge in [-0.05, 0) is 18.2 Å². The molecule has 1 aliphatic rings. The van der Waals surface area contributed by atoms with E-state index in [1.807, 2.05) is 0 Å². The average molecular weight is 183 g/mol. The van der Waals surface area contributed by atoms with Crippen molar-refractivity contribution in [1.29, 1.82) is 0 Å². The number of rotatable bonds is 0. The summed E-state index contributed by atoms with van der Waals surface area (Å²) in [7, 11) is -3.10. The van der Waals surface area contributed by atoms with E-state index in [0.29, 0.717) is 5.75 Å². The molecule has 1 aromatic rings. The van der Waals surface area contributed by atoms with Crippen molar-refractivity contribution in [3.05, 3.63) is 24.3 Å². The quantitative estimate of drug-likeness (QED) is 0.593. The zero-order chi connectivity index (χ0) is 8.60. The zero-order valence-electron chi connectivity index (χ0n) is 6.28. The summed E-state index contributed by atoms with van der Waals surface area (Å²) >= 11 is 0. The summed E-state index contributed by atoms with van der Waals surface area (Å²) in [6, 6.07) is 7.42. The molecule has 1 aliphatic heterocycles. The lowest BCUT2D eigenvalue weighted by Gasteiger charge is -2.16. The van der Waals surface area contributed by atoms with E-state index in [9.17, 15) is 8.42 Å². The summed E-state index contributed by atoms with van der Waals surface area (Å²) < 4.78 is 27.9. The molecule has 0 aromatic heterocycles. The van der Waals surface area contributed by atoms with Crippen LogP contribution in [0.2, 0.25) is 0 Å². The predicted molar refractivity (Wildman–Crippen MR) is 42.8 cm³/mol. The van der Waals surface area contributed by atoms with Crippen molar-refractivity contribution >= 4 is 9.84 Å². The molecule has 12 heavy (non-hydrogen) atoms. The molecule has 0 atom stereocenters. The topological polar surface area (TPSA) is 43.4 Å². The highest BCUT2D eigenvalue weighted by Crippen LogP contribution is 2.27. The second-order valence-corrected chi connectivity index (χ2v) is 4.62. The summed E-state index contributed by atoms with van der Waals surface area (Å²) in [4.78, 5) is 0.260. The van der Waals surface area contributed by atoms with Gasteiger partial charge in [-0.1, -0.05) is 6.07 Å². The molecular formula is C8H7O3S. The van der Waals surface area contributed by atoms with E-state index in [0.717, 1.165) is 0 Å². The van der Waals surface area contributed by atoms with E-state index in [1.54, 1.807) is 12.1 Å². The SMILES string of the molecule is O=S1(=O)CCOc2cc[c]cc21. The lowest BCUT2D eigenvalue weighted by Crippen LogP contribution is -2.20. The first-order valence-corrected chi connectivity index (χ1v) is 5.21. The molecular weight excluding hydrogens is 176 g/mol. The molecule has 0 aliphatic carbocycles. The van der Waals surface area contributed by atoms with E-state index in [-0.39, 0.29) is 17.3 Å². The Labute approximate surface area is 70.9 Å². The van der Waals surface area contributed by atoms with Gasteiger partial charge in [0.1, 0.15) is 17.3 Å². The summed E-state index contributed by atoms with van der Waals surface area (Å²) in [5, 5.41) is 0. The predicted octanol–water partition coefficient (Wildman–Crippen LogP) is 0.653. The number of fused-ring (bicyclic) bond motifs is 1. The van der Waals surface area contributed by atoms with E-state index >= 15 is 0 Å². The summed E-state index contributed by atoms with van der Waals surface area (Å²) in [6.07, 6.45) is 0. The summed E-state index contributed by atoms with van der Waals surface area (Å²) in [6.45, 7) is 0.249. The van der Waals surface area contributed by atoms with Gasteiger partial charge in [-0.25, -0.2) is 8.42 Å². The van der Waals surface area contributed by atoms with Crippen LogP contribution >= 0.6 is 0 Å². The minimum atomic E-state index is -3.10. The Kier molecular flexibility index (Phi) is 1.58. The molecule has 0 saturated heterocycles. The van der Waals surface area contributed by atoms with Crippen molar-refractivity contribution in [2.24, 2.45) is 0 Å². The minimum Gasteiger partial charge on any atom is -0.491 e. The monoisotopic (exact) mass is 183 g/mol. The third kappa shape index (κ3) is 1.08. The third-order valence-electron chi connectivity index (χ3n) is 1.73. The largest absolute Gasteiger partial charge is 0.491 e. The Morgan fingerprint density at radius 2 is 2.33 bits per heavy atom. The van der Waals surface area contributed by atoms with Gasteiger partial charge in [0.25, 0.3) is 0 Å². The van der Waals surface area contributed by atoms with Crippen LogP contribution in [0.15, 0.2) is 23.1 Å². The van der Waals surface area contributed by atoms with Crippen molar-refractivity contribution in [2.45, 2.75) is 4.90 Å². The normalized spacial score (nSPS) is 19.3. The molecule has 0 fully saturated rings. The number of ether oxygens (including phenoxy) is 1. The number of hydrogen-bond donors (Lipinski definition) is 0. The van der Waals surface area contributed by atoms with Crippen LogP contribution in [0.3, 0.4) is 0 Å². The molecule has 0 saturated carbocycles. The molecule has 4 heteroatoms. The maximum absolute atomic E-state index is 11.4. The fourth-order valence-electron chi connectivity index (χ4n) is 1.13. The van der Waals surface area contributed by atoms with Gasteiger partial charge in [-0.2, -0.15) is 0 Å². The number of hydrogen-bond acceptors (Lipinski definition) is 3. The van der Waals surface area contributed by atoms with Crippen LogP contribution in [0.5, 0.6) is 5.75 Å². The highest BCUT2D eigenvalue weighted by molar-refractivity contribution is 7.91. The second kappa shape index (κ2) is 2.48. The fraction of sp³-hybridized carbons (Fsp3) is 0.250. The van der Waals surface area contributed by atoms with Gasteiger partial charge in [-0.15, -0.1) is 0 Å². The summed E-state index contributed by atoms with van der Waals surface area (Å²) in [5.41, 5.74) is 0. The Morgan fingerprint density at radius 1 is 1.50 bits per heavy atom. The molecule has 0 bridgehead atoms. The molecule has 3 nitrogen and oxygen atoms in total. The van der Waals surface area contributed by atoms with Crippen LogP contribution in [-0.2, 0) is 9.84 Å². The van der Waals surface area contributed by atoms with Gasteiger partial charge >= 0.3 is 0 Å². The summed E-state index contributed by atoms with van der Waals surface area (Å²) in [5.74, 6) is 0.512. The highest BCUT2D eigenvalue weighted by Gasteiger charge is 2.23. The van der Waals surface area contributed by atoms with Crippen LogP contribution < -0.4 is 4.74 Å². The fourth-order valence-corrected chi connectivity index (χ4v) is 2.34. The Balaban J connectivity index is 2.67. The van der Waals surface area contributed by atoms with Gasteiger partial charge in [0.2, 0.25) is 0 Å². The third-order valence-corrected chi connectivity index (χ3v) is 3.43. The first-order valence-electron chi connectivity index (χ1n) is 3.56. The first-order chi connectivity index (χ1) is 5.70. The van der Waals surface area contributed by atoms with E-state index < -0.39 is 9.84 Å². The van der Waals surface area contributed by atoms with Gasteiger partial charge in [0.05, 0.1) is 5.75 Å².